The van der Waals surface area contributed by atoms with Gasteiger partial charge in [-0.05, 0) is 48.9 Å². The minimum atomic E-state index is -0.484. The first-order chi connectivity index (χ1) is 16.0. The number of nitriles is 1. The van der Waals surface area contributed by atoms with Crippen LogP contribution in [0.2, 0.25) is 0 Å². The van der Waals surface area contributed by atoms with Gasteiger partial charge < -0.3 is 20.4 Å². The van der Waals surface area contributed by atoms with Gasteiger partial charge in [0, 0.05) is 56.6 Å². The topological polar surface area (TPSA) is 85.3 Å². The van der Waals surface area contributed by atoms with Crippen molar-refractivity contribution >= 4 is 17.5 Å². The highest BCUT2D eigenvalue weighted by atomic mass is 19.1. The largest absolute Gasteiger partial charge is 0.368 e. The third-order valence-corrected chi connectivity index (χ3v) is 6.51. The Morgan fingerprint density at radius 1 is 0.939 bits per heavy atom. The molecule has 2 aromatic carbocycles. The molecule has 8 heteroatoms. The predicted molar refractivity (Wildman–Crippen MR) is 127 cm³/mol. The molecule has 0 bridgehead atoms. The van der Waals surface area contributed by atoms with Crippen molar-refractivity contribution in [1.29, 1.82) is 5.26 Å². The maximum Gasteiger partial charge on any atom is 0.222 e. The standard InChI is InChI=1S/C25H26FN7/c1-31-8-10-32(11-9-31)24-14-23(29-25(28)30-24)18-3-2-17-6-7-33(16-20(17)12-18)21-5-4-19(15-27)22(26)13-21/h2-5,12-14H,6-11,16H2,1H3,(H2,28,29,30). The molecular formula is C25H26FN7. The van der Waals surface area contributed by atoms with Gasteiger partial charge in [-0.3, -0.25) is 0 Å². The van der Waals surface area contributed by atoms with E-state index >= 15 is 0 Å². The minimum absolute atomic E-state index is 0.0657. The van der Waals surface area contributed by atoms with Gasteiger partial charge in [0.1, 0.15) is 17.7 Å². The van der Waals surface area contributed by atoms with Crippen LogP contribution in [0.5, 0.6) is 0 Å². The number of likely N-dealkylation sites (N-methyl/N-ethyl adjacent to an activating group) is 1. The highest BCUT2D eigenvalue weighted by Crippen LogP contribution is 2.30. The summed E-state index contributed by atoms with van der Waals surface area (Å²) >= 11 is 0. The van der Waals surface area contributed by atoms with E-state index in [1.807, 2.05) is 18.2 Å². The Hall–Kier alpha value is -3.70. The summed E-state index contributed by atoms with van der Waals surface area (Å²) in [6, 6.07) is 15.1. The maximum absolute atomic E-state index is 14.2. The van der Waals surface area contributed by atoms with Crippen LogP contribution in [-0.2, 0) is 13.0 Å². The number of hydrogen-bond donors (Lipinski definition) is 1. The Kier molecular flexibility index (Phi) is 5.56. The van der Waals surface area contributed by atoms with Crippen molar-refractivity contribution in [3.8, 4) is 17.3 Å². The monoisotopic (exact) mass is 443 g/mol. The quantitative estimate of drug-likeness (QED) is 0.666. The summed E-state index contributed by atoms with van der Waals surface area (Å²) < 4.78 is 14.2. The summed E-state index contributed by atoms with van der Waals surface area (Å²) in [5.74, 6) is 0.647. The fourth-order valence-electron chi connectivity index (χ4n) is 4.53. The van der Waals surface area contributed by atoms with Crippen LogP contribution < -0.4 is 15.5 Å². The average Bonchev–Trinajstić information content (AvgIpc) is 2.83. The Morgan fingerprint density at radius 2 is 1.76 bits per heavy atom. The number of nitrogens with zero attached hydrogens (tertiary/aromatic N) is 6. The van der Waals surface area contributed by atoms with Crippen molar-refractivity contribution in [1.82, 2.24) is 14.9 Å². The number of hydrogen-bond acceptors (Lipinski definition) is 7. The van der Waals surface area contributed by atoms with Gasteiger partial charge >= 0.3 is 0 Å². The molecule has 7 nitrogen and oxygen atoms in total. The molecule has 1 saturated heterocycles. The van der Waals surface area contributed by atoms with Gasteiger partial charge in [-0.1, -0.05) is 12.1 Å². The summed E-state index contributed by atoms with van der Waals surface area (Å²) in [5, 5.41) is 8.99. The molecule has 0 radical (unpaired) electrons. The second-order valence-electron chi connectivity index (χ2n) is 8.69. The molecule has 168 valence electrons. The van der Waals surface area contributed by atoms with Gasteiger partial charge in [-0.15, -0.1) is 0 Å². The third kappa shape index (κ3) is 4.32. The van der Waals surface area contributed by atoms with Crippen LogP contribution >= 0.6 is 0 Å². The molecule has 5 rings (SSSR count). The van der Waals surface area contributed by atoms with E-state index in [0.717, 1.165) is 61.9 Å². The number of aromatic nitrogens is 2. The number of fused-ring (bicyclic) bond motifs is 1. The Labute approximate surface area is 192 Å². The fraction of sp³-hybridized carbons (Fsp3) is 0.320. The summed E-state index contributed by atoms with van der Waals surface area (Å²) in [6.45, 7) is 5.26. The zero-order chi connectivity index (χ0) is 22.9. The maximum atomic E-state index is 14.2. The Morgan fingerprint density at radius 3 is 2.52 bits per heavy atom. The lowest BCUT2D eigenvalue weighted by Gasteiger charge is -2.33. The number of piperazine rings is 1. The summed E-state index contributed by atoms with van der Waals surface area (Å²) in [6.07, 6.45) is 0.871. The Bertz CT molecular complexity index is 1230. The predicted octanol–water partition coefficient (Wildman–Crippen LogP) is 3.05. The van der Waals surface area contributed by atoms with Crippen molar-refractivity contribution in [2.75, 3.05) is 55.3 Å². The number of rotatable bonds is 3. The van der Waals surface area contributed by atoms with Crippen LogP contribution in [0.3, 0.4) is 0 Å². The molecule has 0 amide bonds. The number of benzene rings is 2. The normalized spacial score (nSPS) is 16.4. The fourth-order valence-corrected chi connectivity index (χ4v) is 4.53. The van der Waals surface area contributed by atoms with E-state index in [4.69, 9.17) is 11.0 Å². The molecule has 3 aromatic rings. The first kappa shape index (κ1) is 21.2. The molecule has 0 atom stereocenters. The molecular weight excluding hydrogens is 417 g/mol. The molecule has 2 aliphatic heterocycles. The van der Waals surface area contributed by atoms with Crippen molar-refractivity contribution in [2.45, 2.75) is 13.0 Å². The summed E-state index contributed by atoms with van der Waals surface area (Å²) in [5.41, 5.74) is 11.2. The SMILES string of the molecule is CN1CCN(c2cc(-c3ccc4c(c3)CN(c3ccc(C#N)c(F)c3)CC4)nc(N)n2)CC1. The highest BCUT2D eigenvalue weighted by Gasteiger charge is 2.20. The van der Waals surface area contributed by atoms with Crippen molar-refractivity contribution < 1.29 is 4.39 Å². The lowest BCUT2D eigenvalue weighted by atomic mass is 9.95. The van der Waals surface area contributed by atoms with E-state index in [0.29, 0.717) is 6.54 Å². The van der Waals surface area contributed by atoms with Gasteiger partial charge in [0.15, 0.2) is 0 Å². The lowest BCUT2D eigenvalue weighted by molar-refractivity contribution is 0.312. The molecule has 0 unspecified atom stereocenters. The number of nitrogen functional groups attached to an aromatic ring is 1. The third-order valence-electron chi connectivity index (χ3n) is 6.51. The van der Waals surface area contributed by atoms with E-state index < -0.39 is 5.82 Å². The van der Waals surface area contributed by atoms with Crippen LogP contribution in [0.1, 0.15) is 16.7 Å². The Balaban J connectivity index is 1.42. The van der Waals surface area contributed by atoms with Crippen LogP contribution in [0.25, 0.3) is 11.3 Å². The van der Waals surface area contributed by atoms with E-state index in [9.17, 15) is 4.39 Å². The van der Waals surface area contributed by atoms with Gasteiger partial charge in [-0.25, -0.2) is 9.37 Å². The van der Waals surface area contributed by atoms with Crippen LogP contribution in [-0.4, -0.2) is 54.6 Å². The molecule has 2 aliphatic rings. The highest BCUT2D eigenvalue weighted by molar-refractivity contribution is 5.67. The summed E-state index contributed by atoms with van der Waals surface area (Å²) in [7, 11) is 2.12. The molecule has 3 heterocycles. The van der Waals surface area contributed by atoms with Gasteiger partial charge in [-0.2, -0.15) is 10.2 Å². The van der Waals surface area contributed by atoms with Crippen molar-refractivity contribution in [3.63, 3.8) is 0 Å². The lowest BCUT2D eigenvalue weighted by Crippen LogP contribution is -2.44. The number of anilines is 3. The molecule has 33 heavy (non-hydrogen) atoms. The molecule has 0 spiro atoms. The zero-order valence-electron chi connectivity index (χ0n) is 18.6. The van der Waals surface area contributed by atoms with E-state index in [2.05, 4.69) is 49.9 Å². The van der Waals surface area contributed by atoms with Crippen LogP contribution in [0.15, 0.2) is 42.5 Å². The number of nitrogens with two attached hydrogens (primary N) is 1. The second kappa shape index (κ2) is 8.68. The first-order valence-corrected chi connectivity index (χ1v) is 11.1. The molecule has 2 N–H and O–H groups in total. The first-order valence-electron chi connectivity index (χ1n) is 11.1. The molecule has 1 aromatic heterocycles. The van der Waals surface area contributed by atoms with E-state index in [-0.39, 0.29) is 11.5 Å². The smallest absolute Gasteiger partial charge is 0.222 e. The van der Waals surface area contributed by atoms with Crippen molar-refractivity contribution in [2.24, 2.45) is 0 Å². The minimum Gasteiger partial charge on any atom is -0.368 e. The molecule has 0 saturated carbocycles. The zero-order valence-corrected chi connectivity index (χ0v) is 18.6. The second-order valence-corrected chi connectivity index (χ2v) is 8.69. The van der Waals surface area contributed by atoms with Crippen LogP contribution in [0.4, 0.5) is 21.8 Å². The van der Waals surface area contributed by atoms with Gasteiger partial charge in [0.2, 0.25) is 5.95 Å². The van der Waals surface area contributed by atoms with Gasteiger partial charge in [0.25, 0.3) is 0 Å². The molecule has 1 fully saturated rings. The van der Waals surface area contributed by atoms with Crippen LogP contribution in [0, 0.1) is 17.1 Å². The molecule has 0 aliphatic carbocycles. The van der Waals surface area contributed by atoms with Crippen molar-refractivity contribution in [3.05, 3.63) is 65.0 Å². The van der Waals surface area contributed by atoms with E-state index in [1.165, 1.54) is 17.2 Å². The summed E-state index contributed by atoms with van der Waals surface area (Å²) in [4.78, 5) is 15.7. The van der Waals surface area contributed by atoms with Gasteiger partial charge in [0.05, 0.1) is 11.3 Å². The van der Waals surface area contributed by atoms with E-state index in [1.54, 1.807) is 6.07 Å². The average molecular weight is 444 g/mol. The number of halogens is 1.